The SMILES string of the molecule is CN(C)C1(CNc2ncc(Br)cc2Cl)CCC1. The summed E-state index contributed by atoms with van der Waals surface area (Å²) in [5.41, 5.74) is 0.276. The molecule has 1 aromatic rings. The highest BCUT2D eigenvalue weighted by Crippen LogP contribution is 2.36. The fourth-order valence-corrected chi connectivity index (χ4v) is 2.86. The van der Waals surface area contributed by atoms with Crippen LogP contribution in [-0.2, 0) is 0 Å². The standard InChI is InChI=1S/C12H17BrClN3/c1-17(2)12(4-3-5-12)8-16-11-10(14)6-9(13)7-15-11/h6-7H,3-5,8H2,1-2H3,(H,15,16). The summed E-state index contributed by atoms with van der Waals surface area (Å²) in [5.74, 6) is 0.767. The molecule has 0 aromatic carbocycles. The topological polar surface area (TPSA) is 28.2 Å². The molecule has 1 aromatic heterocycles. The van der Waals surface area contributed by atoms with Crippen molar-refractivity contribution < 1.29 is 0 Å². The van der Waals surface area contributed by atoms with Crippen molar-refractivity contribution in [3.05, 3.63) is 21.8 Å². The monoisotopic (exact) mass is 317 g/mol. The molecule has 0 bridgehead atoms. The van der Waals surface area contributed by atoms with E-state index in [4.69, 9.17) is 11.6 Å². The first-order valence-corrected chi connectivity index (χ1v) is 6.93. The average Bonchev–Trinajstić information content (AvgIpc) is 2.18. The largest absolute Gasteiger partial charge is 0.367 e. The van der Waals surface area contributed by atoms with Gasteiger partial charge >= 0.3 is 0 Å². The van der Waals surface area contributed by atoms with Crippen molar-refractivity contribution in [3.8, 4) is 0 Å². The summed E-state index contributed by atoms with van der Waals surface area (Å²) in [4.78, 5) is 6.59. The van der Waals surface area contributed by atoms with Crippen LogP contribution in [0.15, 0.2) is 16.7 Å². The molecule has 1 fully saturated rings. The van der Waals surface area contributed by atoms with Gasteiger partial charge in [-0.05, 0) is 55.4 Å². The molecule has 1 N–H and O–H groups in total. The molecular weight excluding hydrogens is 302 g/mol. The fraction of sp³-hybridized carbons (Fsp3) is 0.583. The van der Waals surface area contributed by atoms with Crippen molar-refractivity contribution in [2.75, 3.05) is 26.0 Å². The maximum atomic E-state index is 6.13. The quantitative estimate of drug-likeness (QED) is 0.922. The maximum absolute atomic E-state index is 6.13. The van der Waals surface area contributed by atoms with Crippen LogP contribution in [0.25, 0.3) is 0 Å². The molecule has 94 valence electrons. The van der Waals surface area contributed by atoms with Gasteiger partial charge in [-0.3, -0.25) is 0 Å². The van der Waals surface area contributed by atoms with Crippen molar-refractivity contribution in [1.82, 2.24) is 9.88 Å². The molecule has 1 saturated carbocycles. The van der Waals surface area contributed by atoms with Gasteiger partial charge in [-0.2, -0.15) is 0 Å². The Hall–Kier alpha value is -0.320. The van der Waals surface area contributed by atoms with E-state index < -0.39 is 0 Å². The summed E-state index contributed by atoms with van der Waals surface area (Å²) in [5, 5.41) is 4.02. The van der Waals surface area contributed by atoms with Crippen LogP contribution in [0.3, 0.4) is 0 Å². The molecule has 0 radical (unpaired) electrons. The molecule has 0 amide bonds. The molecule has 0 spiro atoms. The first kappa shape index (κ1) is 13.1. The Kier molecular flexibility index (Phi) is 3.95. The molecule has 0 unspecified atom stereocenters. The molecule has 1 aliphatic carbocycles. The number of nitrogens with one attached hydrogen (secondary N) is 1. The predicted octanol–water partition coefficient (Wildman–Crippen LogP) is 3.39. The lowest BCUT2D eigenvalue weighted by atomic mass is 9.75. The van der Waals surface area contributed by atoms with E-state index in [2.05, 4.69) is 45.2 Å². The van der Waals surface area contributed by atoms with E-state index in [9.17, 15) is 0 Å². The summed E-state index contributed by atoms with van der Waals surface area (Å²) in [6.45, 7) is 0.897. The number of nitrogens with zero attached hydrogens (tertiary/aromatic N) is 2. The van der Waals surface area contributed by atoms with E-state index in [1.165, 1.54) is 19.3 Å². The zero-order valence-corrected chi connectivity index (χ0v) is 12.5. The van der Waals surface area contributed by atoms with E-state index in [0.29, 0.717) is 5.02 Å². The van der Waals surface area contributed by atoms with Gasteiger partial charge in [-0.25, -0.2) is 4.98 Å². The highest BCUT2D eigenvalue weighted by Gasteiger charge is 2.38. The molecule has 1 heterocycles. The van der Waals surface area contributed by atoms with Gasteiger partial charge in [0.1, 0.15) is 5.82 Å². The van der Waals surface area contributed by atoms with Gasteiger partial charge in [0.2, 0.25) is 0 Å². The van der Waals surface area contributed by atoms with E-state index >= 15 is 0 Å². The Morgan fingerprint density at radius 2 is 2.24 bits per heavy atom. The average molecular weight is 319 g/mol. The summed E-state index contributed by atoms with van der Waals surface area (Å²) >= 11 is 9.48. The molecule has 0 saturated heterocycles. The highest BCUT2D eigenvalue weighted by atomic mass is 79.9. The number of anilines is 1. The van der Waals surface area contributed by atoms with Crippen LogP contribution in [0.1, 0.15) is 19.3 Å². The second kappa shape index (κ2) is 5.12. The van der Waals surface area contributed by atoms with Crippen molar-refractivity contribution in [3.63, 3.8) is 0 Å². The lowest BCUT2D eigenvalue weighted by Gasteiger charge is -2.47. The zero-order valence-electron chi connectivity index (χ0n) is 10.1. The van der Waals surface area contributed by atoms with Crippen LogP contribution < -0.4 is 5.32 Å². The van der Waals surface area contributed by atoms with Gasteiger partial charge in [0.25, 0.3) is 0 Å². The first-order valence-electron chi connectivity index (χ1n) is 5.76. The normalized spacial score (nSPS) is 17.9. The molecule has 3 nitrogen and oxygen atoms in total. The van der Waals surface area contributed by atoms with Crippen molar-refractivity contribution in [2.24, 2.45) is 0 Å². The maximum Gasteiger partial charge on any atom is 0.144 e. The summed E-state index contributed by atoms with van der Waals surface area (Å²) in [7, 11) is 4.27. The Labute approximate surface area is 116 Å². The lowest BCUT2D eigenvalue weighted by Crippen LogP contribution is -2.54. The number of aromatic nitrogens is 1. The summed E-state index contributed by atoms with van der Waals surface area (Å²) in [6, 6.07) is 1.86. The van der Waals surface area contributed by atoms with E-state index in [0.717, 1.165) is 16.8 Å². The van der Waals surface area contributed by atoms with Gasteiger partial charge in [0, 0.05) is 22.8 Å². The van der Waals surface area contributed by atoms with Crippen LogP contribution in [0.5, 0.6) is 0 Å². The third-order valence-corrected chi connectivity index (χ3v) is 4.35. The number of halogens is 2. The second-order valence-electron chi connectivity index (χ2n) is 4.81. The Balaban J connectivity index is 2.02. The zero-order chi connectivity index (χ0) is 12.5. The van der Waals surface area contributed by atoms with Gasteiger partial charge in [-0.15, -0.1) is 0 Å². The number of hydrogen-bond acceptors (Lipinski definition) is 3. The third kappa shape index (κ3) is 2.75. The Morgan fingerprint density at radius 1 is 1.53 bits per heavy atom. The van der Waals surface area contributed by atoms with Gasteiger partial charge in [0.15, 0.2) is 0 Å². The van der Waals surface area contributed by atoms with E-state index in [-0.39, 0.29) is 5.54 Å². The van der Waals surface area contributed by atoms with Crippen LogP contribution in [0.4, 0.5) is 5.82 Å². The minimum atomic E-state index is 0.276. The molecule has 17 heavy (non-hydrogen) atoms. The number of hydrogen-bond donors (Lipinski definition) is 1. The minimum Gasteiger partial charge on any atom is -0.367 e. The van der Waals surface area contributed by atoms with Crippen LogP contribution in [0, 0.1) is 0 Å². The van der Waals surface area contributed by atoms with Crippen LogP contribution in [0.2, 0.25) is 5.02 Å². The third-order valence-electron chi connectivity index (χ3n) is 3.63. The lowest BCUT2D eigenvalue weighted by molar-refractivity contribution is 0.0738. The smallest absolute Gasteiger partial charge is 0.144 e. The van der Waals surface area contributed by atoms with Gasteiger partial charge in [-0.1, -0.05) is 11.6 Å². The van der Waals surface area contributed by atoms with E-state index in [1.807, 2.05) is 6.07 Å². The number of likely N-dealkylation sites (N-methyl/N-ethyl adjacent to an activating group) is 1. The van der Waals surface area contributed by atoms with Crippen molar-refractivity contribution in [1.29, 1.82) is 0 Å². The second-order valence-corrected chi connectivity index (χ2v) is 6.13. The van der Waals surface area contributed by atoms with Gasteiger partial charge in [0.05, 0.1) is 5.02 Å². The van der Waals surface area contributed by atoms with Gasteiger partial charge < -0.3 is 10.2 Å². The first-order chi connectivity index (χ1) is 8.03. The Bertz CT molecular complexity index is 405. The van der Waals surface area contributed by atoms with Crippen molar-refractivity contribution >= 4 is 33.3 Å². The van der Waals surface area contributed by atoms with Crippen LogP contribution in [-0.4, -0.2) is 36.1 Å². The highest BCUT2D eigenvalue weighted by molar-refractivity contribution is 9.10. The molecular formula is C12H17BrClN3. The number of rotatable bonds is 4. The molecule has 0 atom stereocenters. The Morgan fingerprint density at radius 3 is 2.71 bits per heavy atom. The number of pyridine rings is 1. The summed E-state index contributed by atoms with van der Waals surface area (Å²) in [6.07, 6.45) is 5.54. The molecule has 2 rings (SSSR count). The predicted molar refractivity (Wildman–Crippen MR) is 75.7 cm³/mol. The van der Waals surface area contributed by atoms with Crippen molar-refractivity contribution in [2.45, 2.75) is 24.8 Å². The molecule has 5 heteroatoms. The van der Waals surface area contributed by atoms with E-state index in [1.54, 1.807) is 6.20 Å². The molecule has 1 aliphatic rings. The minimum absolute atomic E-state index is 0.276. The fourth-order valence-electron chi connectivity index (χ4n) is 2.16. The summed E-state index contributed by atoms with van der Waals surface area (Å²) < 4.78 is 0.902. The van der Waals surface area contributed by atoms with Crippen LogP contribution >= 0.6 is 27.5 Å². The molecule has 0 aliphatic heterocycles.